The maximum atomic E-state index is 11.8. The van der Waals surface area contributed by atoms with Crippen LogP contribution in [0.3, 0.4) is 0 Å². The molecule has 16 heavy (non-hydrogen) atoms. The average molecular weight is 245 g/mol. The van der Waals surface area contributed by atoms with Gasteiger partial charge in [-0.1, -0.05) is 12.8 Å². The second-order valence-electron chi connectivity index (χ2n) is 4.12. The number of nitrogens with two attached hydrogens (primary N) is 1. The van der Waals surface area contributed by atoms with E-state index >= 15 is 0 Å². The maximum Gasteiger partial charge on any atom is 0.287 e. The highest BCUT2D eigenvalue weighted by Gasteiger charge is 2.34. The predicted octanol–water partition coefficient (Wildman–Crippen LogP) is 1.70. The van der Waals surface area contributed by atoms with Gasteiger partial charge in [-0.3, -0.25) is 4.79 Å². The highest BCUT2D eigenvalue weighted by Crippen LogP contribution is 2.28. The van der Waals surface area contributed by atoms with Gasteiger partial charge in [-0.25, -0.2) is 0 Å². The van der Waals surface area contributed by atoms with E-state index in [0.717, 1.165) is 25.7 Å². The van der Waals surface area contributed by atoms with Crippen LogP contribution < -0.4 is 11.1 Å². The molecule has 0 saturated heterocycles. The highest BCUT2D eigenvalue weighted by molar-refractivity contribution is 5.91. The standard InChI is InChI=1S/C11H16N2O2.ClH/c12-8-11(5-1-2-6-11)13-10(14)9-4-3-7-15-9;/h3-4,7H,1-2,5-6,8,12H2,(H,13,14);1H. The van der Waals surface area contributed by atoms with Gasteiger partial charge in [0.25, 0.3) is 5.91 Å². The number of amides is 1. The first-order valence-electron chi connectivity index (χ1n) is 5.32. The van der Waals surface area contributed by atoms with Crippen molar-refractivity contribution in [3.05, 3.63) is 24.2 Å². The Morgan fingerprint density at radius 1 is 1.50 bits per heavy atom. The Morgan fingerprint density at radius 2 is 2.19 bits per heavy atom. The first-order valence-corrected chi connectivity index (χ1v) is 5.32. The van der Waals surface area contributed by atoms with Crippen LogP contribution in [0.4, 0.5) is 0 Å². The molecule has 1 aromatic rings. The summed E-state index contributed by atoms with van der Waals surface area (Å²) in [6, 6.07) is 3.37. The molecule has 90 valence electrons. The van der Waals surface area contributed by atoms with Crippen LogP contribution in [0.25, 0.3) is 0 Å². The van der Waals surface area contributed by atoms with Crippen LogP contribution in [-0.2, 0) is 0 Å². The molecule has 0 aliphatic heterocycles. The first-order chi connectivity index (χ1) is 7.26. The normalized spacial score (nSPS) is 17.8. The molecule has 0 radical (unpaired) electrons. The van der Waals surface area contributed by atoms with E-state index in [0.29, 0.717) is 12.3 Å². The van der Waals surface area contributed by atoms with Crippen LogP contribution >= 0.6 is 12.4 Å². The smallest absolute Gasteiger partial charge is 0.287 e. The van der Waals surface area contributed by atoms with Crippen molar-refractivity contribution in [2.75, 3.05) is 6.54 Å². The Hall–Kier alpha value is -1.00. The molecule has 1 amide bonds. The molecule has 0 atom stereocenters. The minimum Gasteiger partial charge on any atom is -0.459 e. The summed E-state index contributed by atoms with van der Waals surface area (Å²) < 4.78 is 5.04. The molecule has 5 heteroatoms. The summed E-state index contributed by atoms with van der Waals surface area (Å²) in [6.07, 6.45) is 5.70. The quantitative estimate of drug-likeness (QED) is 0.851. The van der Waals surface area contributed by atoms with Crippen LogP contribution in [0.15, 0.2) is 22.8 Å². The summed E-state index contributed by atoms with van der Waals surface area (Å²) >= 11 is 0. The number of carbonyl (C=O) groups excluding carboxylic acids is 1. The fourth-order valence-corrected chi connectivity index (χ4v) is 2.14. The lowest BCUT2D eigenvalue weighted by Crippen LogP contribution is -2.51. The van der Waals surface area contributed by atoms with Crippen LogP contribution in [0.2, 0.25) is 0 Å². The van der Waals surface area contributed by atoms with E-state index in [-0.39, 0.29) is 23.9 Å². The van der Waals surface area contributed by atoms with Crippen molar-refractivity contribution in [3.8, 4) is 0 Å². The van der Waals surface area contributed by atoms with Crippen LogP contribution in [0, 0.1) is 0 Å². The minimum absolute atomic E-state index is 0. The molecule has 4 nitrogen and oxygen atoms in total. The number of halogens is 1. The van der Waals surface area contributed by atoms with E-state index in [1.54, 1.807) is 12.1 Å². The summed E-state index contributed by atoms with van der Waals surface area (Å²) in [5, 5.41) is 2.99. The highest BCUT2D eigenvalue weighted by atomic mass is 35.5. The first kappa shape index (κ1) is 13.1. The van der Waals surface area contributed by atoms with Gasteiger partial charge in [0.1, 0.15) is 0 Å². The molecule has 1 saturated carbocycles. The van der Waals surface area contributed by atoms with Crippen molar-refractivity contribution in [2.24, 2.45) is 5.73 Å². The Labute approximate surface area is 101 Å². The van der Waals surface area contributed by atoms with Crippen molar-refractivity contribution in [1.82, 2.24) is 5.32 Å². The van der Waals surface area contributed by atoms with Crippen molar-refractivity contribution in [3.63, 3.8) is 0 Å². The molecule has 1 aromatic heterocycles. The molecule has 2 rings (SSSR count). The van der Waals surface area contributed by atoms with Gasteiger partial charge in [0, 0.05) is 6.54 Å². The average Bonchev–Trinajstić information content (AvgIpc) is 2.88. The van der Waals surface area contributed by atoms with Gasteiger partial charge < -0.3 is 15.5 Å². The molecule has 1 heterocycles. The molecule has 1 aliphatic carbocycles. The minimum atomic E-state index is -0.204. The lowest BCUT2D eigenvalue weighted by Gasteiger charge is -2.28. The fraction of sp³-hybridized carbons (Fsp3) is 0.545. The molecule has 0 aromatic carbocycles. The lowest BCUT2D eigenvalue weighted by molar-refractivity contribution is 0.0874. The summed E-state index contributed by atoms with van der Waals surface area (Å²) in [5.41, 5.74) is 5.52. The summed E-state index contributed by atoms with van der Waals surface area (Å²) in [7, 11) is 0. The summed E-state index contributed by atoms with van der Waals surface area (Å²) in [6.45, 7) is 0.499. The lowest BCUT2D eigenvalue weighted by atomic mass is 9.98. The van der Waals surface area contributed by atoms with Crippen LogP contribution in [0.5, 0.6) is 0 Å². The van der Waals surface area contributed by atoms with Crippen LogP contribution in [0.1, 0.15) is 36.2 Å². The van der Waals surface area contributed by atoms with E-state index < -0.39 is 0 Å². The molecule has 1 aliphatic rings. The largest absolute Gasteiger partial charge is 0.459 e. The van der Waals surface area contributed by atoms with Gasteiger partial charge in [-0.05, 0) is 25.0 Å². The molecule has 0 unspecified atom stereocenters. The van der Waals surface area contributed by atoms with Crippen LogP contribution in [-0.4, -0.2) is 18.0 Å². The van der Waals surface area contributed by atoms with Crippen molar-refractivity contribution in [2.45, 2.75) is 31.2 Å². The second-order valence-corrected chi connectivity index (χ2v) is 4.12. The number of furan rings is 1. The molecule has 0 spiro atoms. The van der Waals surface area contributed by atoms with Gasteiger partial charge >= 0.3 is 0 Å². The van der Waals surface area contributed by atoms with E-state index in [2.05, 4.69) is 5.32 Å². The number of hydrogen-bond donors (Lipinski definition) is 2. The van der Waals surface area contributed by atoms with Crippen molar-refractivity contribution < 1.29 is 9.21 Å². The Bertz CT molecular complexity index is 332. The number of rotatable bonds is 3. The molecular formula is C11H17ClN2O2. The predicted molar refractivity (Wildman–Crippen MR) is 63.7 cm³/mol. The molecular weight excluding hydrogens is 228 g/mol. The molecule has 3 N–H and O–H groups in total. The van der Waals surface area contributed by atoms with E-state index in [9.17, 15) is 4.79 Å². The zero-order chi connectivity index (χ0) is 10.7. The fourth-order valence-electron chi connectivity index (χ4n) is 2.14. The zero-order valence-electron chi connectivity index (χ0n) is 9.07. The van der Waals surface area contributed by atoms with Gasteiger partial charge in [0.2, 0.25) is 0 Å². The van der Waals surface area contributed by atoms with Gasteiger partial charge in [-0.2, -0.15) is 0 Å². The second kappa shape index (κ2) is 5.37. The third-order valence-electron chi connectivity index (χ3n) is 3.08. The SMILES string of the molecule is Cl.NCC1(NC(=O)c2ccco2)CCCC1. The zero-order valence-corrected chi connectivity index (χ0v) is 9.89. The van der Waals surface area contributed by atoms with Gasteiger partial charge in [-0.15, -0.1) is 12.4 Å². The number of carbonyl (C=O) groups is 1. The third-order valence-corrected chi connectivity index (χ3v) is 3.08. The van der Waals surface area contributed by atoms with E-state index in [1.807, 2.05) is 0 Å². The van der Waals surface area contributed by atoms with Crippen molar-refractivity contribution in [1.29, 1.82) is 0 Å². The van der Waals surface area contributed by atoms with E-state index in [4.69, 9.17) is 10.2 Å². The maximum absolute atomic E-state index is 11.8. The monoisotopic (exact) mass is 244 g/mol. The molecule has 1 fully saturated rings. The summed E-state index contributed by atoms with van der Waals surface area (Å²) in [4.78, 5) is 11.8. The Balaban J connectivity index is 0.00000128. The van der Waals surface area contributed by atoms with Gasteiger partial charge in [0.05, 0.1) is 11.8 Å². The topological polar surface area (TPSA) is 68.3 Å². The summed E-state index contributed by atoms with van der Waals surface area (Å²) in [5.74, 6) is 0.196. The van der Waals surface area contributed by atoms with Crippen molar-refractivity contribution >= 4 is 18.3 Å². The third kappa shape index (κ3) is 2.57. The Kier molecular flexibility index (Phi) is 4.38. The number of nitrogens with one attached hydrogen (secondary N) is 1. The van der Waals surface area contributed by atoms with Gasteiger partial charge in [0.15, 0.2) is 5.76 Å². The van der Waals surface area contributed by atoms with E-state index in [1.165, 1.54) is 6.26 Å². The Morgan fingerprint density at radius 3 is 2.69 bits per heavy atom. The molecule has 0 bridgehead atoms. The number of hydrogen-bond acceptors (Lipinski definition) is 3.